The summed E-state index contributed by atoms with van der Waals surface area (Å²) in [4.78, 5) is 0. The molecule has 2 aromatic carbocycles. The predicted octanol–water partition coefficient (Wildman–Crippen LogP) is 1.25. The molecular weight excluding hydrogens is 353 g/mol. The number of rotatable bonds is 3. The van der Waals surface area contributed by atoms with Crippen molar-refractivity contribution < 1.29 is 23.8 Å². The molecule has 0 bridgehead atoms. The third-order valence-corrected chi connectivity index (χ3v) is 5.46. The van der Waals surface area contributed by atoms with E-state index in [1.807, 2.05) is 42.5 Å². The summed E-state index contributed by atoms with van der Waals surface area (Å²) in [5.74, 6) is 0. The van der Waals surface area contributed by atoms with Crippen LogP contribution in [0.2, 0.25) is 0 Å². The summed E-state index contributed by atoms with van der Waals surface area (Å²) in [6, 6.07) is 20.4. The largest absolute Gasteiger partial charge is 0.728 e. The van der Waals surface area contributed by atoms with Crippen LogP contribution < -0.4 is 13.7 Å². The molecule has 6 nitrogen and oxygen atoms in total. The topological polar surface area (TPSA) is 62.6 Å². The molecule has 0 atom stereocenters. The Balaban J connectivity index is 1.82. The first-order valence-corrected chi connectivity index (χ1v) is 9.14. The van der Waals surface area contributed by atoms with Gasteiger partial charge in [-0.1, -0.05) is 34.7 Å². The molecule has 2 N–H and O–H groups in total. The number of imidazole rings is 1. The summed E-state index contributed by atoms with van der Waals surface area (Å²) >= 11 is 0. The minimum Gasteiger partial charge on any atom is -0.421 e. The van der Waals surface area contributed by atoms with Gasteiger partial charge in [0.05, 0.1) is 10.9 Å². The van der Waals surface area contributed by atoms with Crippen LogP contribution in [-0.4, -0.2) is 22.1 Å². The molecule has 28 heavy (non-hydrogen) atoms. The Labute approximate surface area is 160 Å². The molecule has 0 spiro atoms. The highest BCUT2D eigenvalue weighted by Gasteiger charge is 2.40. The quantitative estimate of drug-likeness (QED) is 0.280. The third kappa shape index (κ3) is 2.00. The van der Waals surface area contributed by atoms with Crippen LogP contribution in [-0.2, 0) is 6.54 Å². The molecule has 0 unspecified atom stereocenters. The number of para-hydroxylation sites is 1. The van der Waals surface area contributed by atoms with E-state index in [2.05, 4.69) is 33.4 Å². The monoisotopic (exact) mass is 369 g/mol. The average Bonchev–Trinajstić information content (AvgIpc) is 3.27. The first kappa shape index (κ1) is 15.6. The van der Waals surface area contributed by atoms with Gasteiger partial charge in [0.2, 0.25) is 5.52 Å². The van der Waals surface area contributed by atoms with E-state index in [9.17, 15) is 10.0 Å². The lowest BCUT2D eigenvalue weighted by Gasteiger charge is -2.12. The fourth-order valence-electron chi connectivity index (χ4n) is 4.39. The molecule has 1 aliphatic heterocycles. The highest BCUT2D eigenvalue weighted by atomic mass is 16.7. The zero-order chi connectivity index (χ0) is 18.8. The van der Waals surface area contributed by atoms with Crippen molar-refractivity contribution in [2.45, 2.75) is 6.54 Å². The average molecular weight is 369 g/mol. The Kier molecular flexibility index (Phi) is 3.09. The normalized spacial score (nSPS) is 12.5. The first-order valence-electron chi connectivity index (χ1n) is 9.14. The number of pyridine rings is 2. The fourth-order valence-corrected chi connectivity index (χ4v) is 4.39. The zero-order valence-electron chi connectivity index (χ0n) is 14.9. The van der Waals surface area contributed by atoms with Crippen molar-refractivity contribution in [2.75, 3.05) is 0 Å². The Morgan fingerprint density at radius 3 is 2.57 bits per heavy atom. The second-order valence-electron chi connectivity index (χ2n) is 7.00. The van der Waals surface area contributed by atoms with Gasteiger partial charge in [-0.2, -0.15) is 0 Å². The summed E-state index contributed by atoms with van der Waals surface area (Å²) in [6.45, 7) is 0.755. The Hall–Kier alpha value is -3.42. The van der Waals surface area contributed by atoms with Crippen LogP contribution in [0.4, 0.5) is 0 Å². The predicted molar refractivity (Wildman–Crippen MR) is 104 cm³/mol. The van der Waals surface area contributed by atoms with E-state index in [4.69, 9.17) is 4.76 Å². The van der Waals surface area contributed by atoms with Crippen molar-refractivity contribution in [3.8, 4) is 11.3 Å². The molecule has 0 saturated heterocycles. The van der Waals surface area contributed by atoms with E-state index in [0.29, 0.717) is 0 Å². The summed E-state index contributed by atoms with van der Waals surface area (Å²) in [6.07, 6.45) is 3.92. The van der Waals surface area contributed by atoms with Crippen molar-refractivity contribution in [3.05, 3.63) is 78.6 Å². The van der Waals surface area contributed by atoms with Crippen LogP contribution in [0.25, 0.3) is 38.7 Å². The van der Waals surface area contributed by atoms with Gasteiger partial charge in [-0.15, -0.1) is 4.57 Å². The SMILES string of the molecule is OB(O)On1ccc2c3c1c1ccccc1[n+]1cc(-c4ccccc4)[n+](c31)C2. The molecule has 0 radical (unpaired) electrons. The maximum atomic E-state index is 9.39. The van der Waals surface area contributed by atoms with Crippen molar-refractivity contribution in [2.24, 2.45) is 0 Å². The summed E-state index contributed by atoms with van der Waals surface area (Å²) in [5, 5.41) is 20.8. The number of fused-ring (bicyclic) bond motifs is 3. The Morgan fingerprint density at radius 2 is 1.75 bits per heavy atom. The molecule has 0 amide bonds. The number of hydrogen-bond donors (Lipinski definition) is 2. The van der Waals surface area contributed by atoms with Gasteiger partial charge in [0, 0.05) is 17.8 Å². The van der Waals surface area contributed by atoms with Crippen molar-refractivity contribution in [1.29, 1.82) is 0 Å². The van der Waals surface area contributed by atoms with Crippen molar-refractivity contribution in [3.63, 3.8) is 0 Å². The van der Waals surface area contributed by atoms with E-state index in [1.165, 1.54) is 10.3 Å². The number of aromatic nitrogens is 3. The van der Waals surface area contributed by atoms with Crippen LogP contribution in [0, 0.1) is 0 Å². The minimum absolute atomic E-state index is 0.755. The summed E-state index contributed by atoms with van der Waals surface area (Å²) in [5.41, 5.74) is 6.42. The van der Waals surface area contributed by atoms with Crippen molar-refractivity contribution >= 4 is 34.8 Å². The number of nitrogens with zero attached hydrogens (tertiary/aromatic N) is 3. The van der Waals surface area contributed by atoms with Crippen LogP contribution in [0.3, 0.4) is 0 Å². The number of benzene rings is 2. The molecule has 0 saturated carbocycles. The Morgan fingerprint density at radius 1 is 0.964 bits per heavy atom. The van der Waals surface area contributed by atoms with Gasteiger partial charge in [-0.05, 0) is 24.3 Å². The molecule has 3 aromatic heterocycles. The van der Waals surface area contributed by atoms with Crippen LogP contribution in [0.1, 0.15) is 5.56 Å². The number of hydrogen-bond acceptors (Lipinski definition) is 3. The summed E-state index contributed by atoms with van der Waals surface area (Å²) in [7, 11) is -1.89. The molecule has 134 valence electrons. The van der Waals surface area contributed by atoms with E-state index in [0.717, 1.165) is 45.3 Å². The molecule has 0 fully saturated rings. The van der Waals surface area contributed by atoms with Gasteiger partial charge >= 0.3 is 13.0 Å². The third-order valence-electron chi connectivity index (χ3n) is 5.46. The van der Waals surface area contributed by atoms with Gasteiger partial charge in [0.15, 0.2) is 11.9 Å². The van der Waals surface area contributed by atoms with Crippen molar-refractivity contribution in [1.82, 2.24) is 4.73 Å². The molecule has 4 heterocycles. The van der Waals surface area contributed by atoms with E-state index >= 15 is 0 Å². The van der Waals surface area contributed by atoms with E-state index in [1.54, 1.807) is 6.20 Å². The Bertz CT molecular complexity index is 1400. The molecule has 7 heteroatoms. The second kappa shape index (κ2) is 5.54. The molecule has 5 aromatic rings. The van der Waals surface area contributed by atoms with Crippen LogP contribution in [0.5, 0.6) is 0 Å². The zero-order valence-corrected chi connectivity index (χ0v) is 14.9. The van der Waals surface area contributed by atoms with Gasteiger partial charge < -0.3 is 14.8 Å². The highest BCUT2D eigenvalue weighted by molar-refractivity contribution is 6.33. The smallest absolute Gasteiger partial charge is 0.421 e. The molecular formula is C21H16BN3O3+2. The second-order valence-corrected chi connectivity index (χ2v) is 7.00. The lowest BCUT2D eigenvalue weighted by molar-refractivity contribution is -0.680. The maximum absolute atomic E-state index is 9.39. The minimum atomic E-state index is -1.89. The van der Waals surface area contributed by atoms with Gasteiger partial charge in [0.25, 0.3) is 11.9 Å². The van der Waals surface area contributed by atoms with Gasteiger partial charge in [-0.3, -0.25) is 0 Å². The standard InChI is InChI=1S/C21H16BN3O3/c26-22(27)28-25-11-10-15-12-23-18(14-6-2-1-3-7-14)13-24-17-9-5-4-8-16(17)20(25)19(15)21(23)24/h1-11,13,26-27H,12H2/q+2. The molecule has 6 rings (SSSR count). The van der Waals surface area contributed by atoms with Crippen LogP contribution in [0.15, 0.2) is 73.1 Å². The van der Waals surface area contributed by atoms with E-state index < -0.39 is 7.32 Å². The van der Waals surface area contributed by atoms with Gasteiger partial charge in [0.1, 0.15) is 5.52 Å². The fraction of sp³-hybridized carbons (Fsp3) is 0.0476. The molecule has 0 aliphatic carbocycles. The molecule has 1 aliphatic rings. The lowest BCUT2D eigenvalue weighted by atomic mass is 10.1. The van der Waals surface area contributed by atoms with E-state index in [-0.39, 0.29) is 0 Å². The van der Waals surface area contributed by atoms with Gasteiger partial charge in [-0.25, -0.2) is 4.73 Å². The highest BCUT2D eigenvalue weighted by Crippen LogP contribution is 2.32. The van der Waals surface area contributed by atoms with Crippen LogP contribution >= 0.6 is 0 Å². The lowest BCUT2D eigenvalue weighted by Crippen LogP contribution is -2.35. The maximum Gasteiger partial charge on any atom is 0.728 e. The first-order chi connectivity index (χ1) is 13.7. The summed E-state index contributed by atoms with van der Waals surface area (Å²) < 4.78 is 11.2.